The van der Waals surface area contributed by atoms with E-state index in [2.05, 4.69) is 0 Å². The van der Waals surface area contributed by atoms with Crippen LogP contribution in [0.4, 0.5) is 4.39 Å². The van der Waals surface area contributed by atoms with Crippen LogP contribution in [0.25, 0.3) is 0 Å². The smallest absolute Gasteiger partial charge is 0.200 e. The SMILES string of the molecule is O=C(COc1cccc(Cl)c1Cl)c1ccc(F)cc1. The van der Waals surface area contributed by atoms with Crippen molar-refractivity contribution in [2.45, 2.75) is 0 Å². The summed E-state index contributed by atoms with van der Waals surface area (Å²) in [5.41, 5.74) is 0.375. The summed E-state index contributed by atoms with van der Waals surface area (Å²) in [5, 5.41) is 0.615. The molecule has 0 heterocycles. The third-order valence-corrected chi connectivity index (χ3v) is 3.24. The van der Waals surface area contributed by atoms with Gasteiger partial charge in [-0.2, -0.15) is 0 Å². The third-order valence-electron chi connectivity index (χ3n) is 2.44. The molecule has 0 unspecified atom stereocenters. The van der Waals surface area contributed by atoms with Crippen molar-refractivity contribution in [3.8, 4) is 5.75 Å². The molecule has 19 heavy (non-hydrogen) atoms. The first-order valence-corrected chi connectivity index (χ1v) is 6.19. The zero-order valence-corrected chi connectivity index (χ0v) is 11.2. The second-order valence-corrected chi connectivity index (χ2v) is 4.56. The quantitative estimate of drug-likeness (QED) is 0.782. The van der Waals surface area contributed by atoms with Crippen molar-refractivity contribution >= 4 is 29.0 Å². The van der Waals surface area contributed by atoms with Gasteiger partial charge in [0.2, 0.25) is 0 Å². The van der Waals surface area contributed by atoms with E-state index in [1.807, 2.05) is 0 Å². The van der Waals surface area contributed by atoms with E-state index in [0.717, 1.165) is 0 Å². The maximum absolute atomic E-state index is 12.7. The van der Waals surface area contributed by atoms with Crippen molar-refractivity contribution in [3.63, 3.8) is 0 Å². The first-order valence-electron chi connectivity index (χ1n) is 5.43. The molecule has 0 atom stereocenters. The zero-order chi connectivity index (χ0) is 13.8. The second-order valence-electron chi connectivity index (χ2n) is 3.77. The lowest BCUT2D eigenvalue weighted by Crippen LogP contribution is -2.11. The van der Waals surface area contributed by atoms with Gasteiger partial charge in [0.1, 0.15) is 16.6 Å². The average Bonchev–Trinajstić information content (AvgIpc) is 2.41. The topological polar surface area (TPSA) is 26.3 Å². The Hall–Kier alpha value is -1.58. The Kier molecular flexibility index (Phi) is 4.40. The first-order chi connectivity index (χ1) is 9.08. The highest BCUT2D eigenvalue weighted by Gasteiger charge is 2.10. The van der Waals surface area contributed by atoms with Crippen LogP contribution in [0.5, 0.6) is 5.75 Å². The summed E-state index contributed by atoms with van der Waals surface area (Å²) in [6.07, 6.45) is 0. The molecule has 0 saturated carbocycles. The Balaban J connectivity index is 2.04. The van der Waals surface area contributed by atoms with Crippen molar-refractivity contribution in [2.24, 2.45) is 0 Å². The van der Waals surface area contributed by atoms with E-state index in [0.29, 0.717) is 16.3 Å². The van der Waals surface area contributed by atoms with Gasteiger partial charge in [0.15, 0.2) is 12.4 Å². The van der Waals surface area contributed by atoms with Crippen LogP contribution in [0, 0.1) is 5.82 Å². The second kappa shape index (κ2) is 6.04. The highest BCUT2D eigenvalue weighted by Crippen LogP contribution is 2.31. The van der Waals surface area contributed by atoms with Gasteiger partial charge in [-0.25, -0.2) is 4.39 Å². The molecule has 5 heteroatoms. The molecule has 2 rings (SSSR count). The zero-order valence-electron chi connectivity index (χ0n) is 9.70. The van der Waals surface area contributed by atoms with Crippen molar-refractivity contribution in [3.05, 3.63) is 63.9 Å². The van der Waals surface area contributed by atoms with Crippen LogP contribution in [-0.4, -0.2) is 12.4 Å². The van der Waals surface area contributed by atoms with Gasteiger partial charge in [-0.05, 0) is 36.4 Å². The number of carbonyl (C=O) groups is 1. The highest BCUT2D eigenvalue weighted by atomic mass is 35.5. The number of rotatable bonds is 4. The van der Waals surface area contributed by atoms with Gasteiger partial charge in [-0.3, -0.25) is 4.79 Å². The van der Waals surface area contributed by atoms with Gasteiger partial charge in [0.05, 0.1) is 5.02 Å². The molecule has 0 aromatic heterocycles. The summed E-state index contributed by atoms with van der Waals surface area (Å²) >= 11 is 11.8. The van der Waals surface area contributed by atoms with Crippen LogP contribution in [0.1, 0.15) is 10.4 Å². The molecule has 0 aliphatic carbocycles. The predicted molar refractivity (Wildman–Crippen MR) is 72.7 cm³/mol. The standard InChI is InChI=1S/C14H9Cl2FO2/c15-11-2-1-3-13(14(11)16)19-8-12(18)9-4-6-10(17)7-5-9/h1-7H,8H2. The summed E-state index contributed by atoms with van der Waals surface area (Å²) in [6.45, 7) is -0.189. The van der Waals surface area contributed by atoms with Gasteiger partial charge in [-0.15, -0.1) is 0 Å². The number of benzene rings is 2. The van der Waals surface area contributed by atoms with Gasteiger partial charge >= 0.3 is 0 Å². The Bertz CT molecular complexity index is 597. The predicted octanol–water partition coefficient (Wildman–Crippen LogP) is 4.39. The number of ketones is 1. The Morgan fingerprint density at radius 1 is 1.11 bits per heavy atom. The number of ether oxygens (including phenoxy) is 1. The lowest BCUT2D eigenvalue weighted by Gasteiger charge is -2.08. The summed E-state index contributed by atoms with van der Waals surface area (Å²) < 4.78 is 18.0. The van der Waals surface area contributed by atoms with E-state index in [-0.39, 0.29) is 17.4 Å². The molecular weight excluding hydrogens is 290 g/mol. The summed E-state index contributed by atoms with van der Waals surface area (Å²) in [4.78, 5) is 11.8. The Morgan fingerprint density at radius 2 is 1.79 bits per heavy atom. The van der Waals surface area contributed by atoms with Gasteiger partial charge in [0.25, 0.3) is 0 Å². The van der Waals surface area contributed by atoms with E-state index < -0.39 is 5.82 Å². The minimum Gasteiger partial charge on any atom is -0.484 e. The van der Waals surface area contributed by atoms with Crippen LogP contribution in [-0.2, 0) is 0 Å². The molecule has 0 bridgehead atoms. The summed E-state index contributed by atoms with van der Waals surface area (Å²) in [5.74, 6) is -0.323. The molecule has 98 valence electrons. The molecule has 0 aliphatic rings. The molecule has 2 nitrogen and oxygen atoms in total. The Labute approximate surface area is 119 Å². The molecule has 2 aromatic rings. The number of halogens is 3. The normalized spacial score (nSPS) is 10.3. The minimum atomic E-state index is -0.393. The third kappa shape index (κ3) is 3.46. The fraction of sp³-hybridized carbons (Fsp3) is 0.0714. The first kappa shape index (κ1) is 13.8. The van der Waals surface area contributed by atoms with E-state index in [9.17, 15) is 9.18 Å². The van der Waals surface area contributed by atoms with E-state index >= 15 is 0 Å². The molecule has 0 amide bonds. The molecule has 0 spiro atoms. The molecule has 0 radical (unpaired) electrons. The van der Waals surface area contributed by atoms with Crippen LogP contribution in [0.2, 0.25) is 10.0 Å². The number of hydrogen-bond donors (Lipinski definition) is 0. The Morgan fingerprint density at radius 3 is 2.47 bits per heavy atom. The molecule has 0 aliphatic heterocycles. The fourth-order valence-electron chi connectivity index (χ4n) is 1.46. The molecule has 0 saturated heterocycles. The molecular formula is C14H9Cl2FO2. The summed E-state index contributed by atoms with van der Waals surface area (Å²) in [7, 11) is 0. The van der Waals surface area contributed by atoms with Crippen molar-refractivity contribution < 1.29 is 13.9 Å². The minimum absolute atomic E-state index is 0.189. The van der Waals surface area contributed by atoms with Gasteiger partial charge in [0, 0.05) is 5.56 Å². The van der Waals surface area contributed by atoms with E-state index in [4.69, 9.17) is 27.9 Å². The number of Topliss-reactive ketones (excluding diaryl/α,β-unsaturated/α-hetero) is 1. The monoisotopic (exact) mass is 298 g/mol. The lowest BCUT2D eigenvalue weighted by molar-refractivity contribution is 0.0921. The van der Waals surface area contributed by atoms with Crippen molar-refractivity contribution in [2.75, 3.05) is 6.61 Å². The van der Waals surface area contributed by atoms with Crippen LogP contribution < -0.4 is 4.74 Å². The van der Waals surface area contributed by atoms with Crippen LogP contribution >= 0.6 is 23.2 Å². The van der Waals surface area contributed by atoms with Crippen molar-refractivity contribution in [1.82, 2.24) is 0 Å². The van der Waals surface area contributed by atoms with E-state index in [1.54, 1.807) is 18.2 Å². The average molecular weight is 299 g/mol. The van der Waals surface area contributed by atoms with E-state index in [1.165, 1.54) is 24.3 Å². The number of carbonyl (C=O) groups excluding carboxylic acids is 1. The number of hydrogen-bond acceptors (Lipinski definition) is 2. The molecule has 0 fully saturated rings. The largest absolute Gasteiger partial charge is 0.484 e. The maximum Gasteiger partial charge on any atom is 0.200 e. The maximum atomic E-state index is 12.7. The van der Waals surface area contributed by atoms with Gasteiger partial charge in [-0.1, -0.05) is 29.3 Å². The van der Waals surface area contributed by atoms with Gasteiger partial charge < -0.3 is 4.74 Å². The molecule has 2 aromatic carbocycles. The van der Waals surface area contributed by atoms with Crippen LogP contribution in [0.3, 0.4) is 0 Å². The van der Waals surface area contributed by atoms with Crippen molar-refractivity contribution in [1.29, 1.82) is 0 Å². The van der Waals surface area contributed by atoms with Crippen LogP contribution in [0.15, 0.2) is 42.5 Å². The highest BCUT2D eigenvalue weighted by molar-refractivity contribution is 6.42. The lowest BCUT2D eigenvalue weighted by atomic mass is 10.1. The molecule has 0 N–H and O–H groups in total. The fourth-order valence-corrected chi connectivity index (χ4v) is 1.80. The summed E-state index contributed by atoms with van der Waals surface area (Å²) in [6, 6.07) is 10.2.